The Bertz CT molecular complexity index is 1700. The molecule has 2 aromatic carbocycles. The fourth-order valence-corrected chi connectivity index (χ4v) is 4.21. The third-order valence-corrected chi connectivity index (χ3v) is 5.98. The molecule has 0 saturated heterocycles. The summed E-state index contributed by atoms with van der Waals surface area (Å²) < 4.78 is 21.6. The molecule has 0 amide bonds. The highest BCUT2D eigenvalue weighted by atomic mass is 32.1. The number of furan rings is 2. The number of rotatable bonds is 4. The number of carbonyl (C=O) groups is 2. The number of thiazole rings is 1. The second-order valence-electron chi connectivity index (χ2n) is 7.34. The Hall–Kier alpha value is -4.90. The van der Waals surface area contributed by atoms with Gasteiger partial charge < -0.3 is 28.5 Å². The van der Waals surface area contributed by atoms with E-state index in [9.17, 15) is 9.59 Å². The van der Waals surface area contributed by atoms with Crippen LogP contribution in [0.15, 0.2) is 76.1 Å². The molecule has 0 saturated carbocycles. The number of aromatic hydroxyl groups is 1. The van der Waals surface area contributed by atoms with Gasteiger partial charge in [0.05, 0.1) is 11.8 Å². The summed E-state index contributed by atoms with van der Waals surface area (Å²) in [5.41, 5.74) is 2.04. The quantitative estimate of drug-likeness (QED) is 0.280. The summed E-state index contributed by atoms with van der Waals surface area (Å²) in [6.07, 6.45) is 4.21. The van der Waals surface area contributed by atoms with Crippen LogP contribution in [0.25, 0.3) is 32.3 Å². The van der Waals surface area contributed by atoms with E-state index in [4.69, 9.17) is 23.8 Å². The molecule has 0 aliphatic rings. The van der Waals surface area contributed by atoms with E-state index in [0.717, 1.165) is 4.70 Å². The normalized spacial score (nSPS) is 10.8. The van der Waals surface area contributed by atoms with Gasteiger partial charge in [0.2, 0.25) is 0 Å². The van der Waals surface area contributed by atoms with E-state index < -0.39 is 11.9 Å². The van der Waals surface area contributed by atoms with Crippen molar-refractivity contribution in [2.45, 2.75) is 0 Å². The highest BCUT2D eigenvalue weighted by Gasteiger charge is 2.15. The zero-order valence-corrected chi connectivity index (χ0v) is 19.3. The van der Waals surface area contributed by atoms with E-state index in [-0.39, 0.29) is 11.3 Å². The molecule has 180 valence electrons. The molecule has 4 heterocycles. The van der Waals surface area contributed by atoms with Crippen molar-refractivity contribution in [2.24, 2.45) is 0 Å². The van der Waals surface area contributed by atoms with E-state index in [1.807, 2.05) is 12.1 Å². The monoisotopic (exact) mass is 504 g/mol. The van der Waals surface area contributed by atoms with Crippen LogP contribution in [0.4, 0.5) is 0 Å². The number of fused-ring (bicyclic) bond motifs is 3. The molecule has 0 atom stereocenters. The number of aromatic carboxylic acids is 1. The van der Waals surface area contributed by atoms with Gasteiger partial charge in [-0.3, -0.25) is 0 Å². The lowest BCUT2D eigenvalue weighted by Crippen LogP contribution is -1.99. The average Bonchev–Trinajstić information content (AvgIpc) is 3.59. The minimum atomic E-state index is -1.02. The molecule has 0 bridgehead atoms. The van der Waals surface area contributed by atoms with Gasteiger partial charge in [0.15, 0.2) is 5.65 Å². The number of ether oxygens (including phenoxy) is 2. The van der Waals surface area contributed by atoms with E-state index in [2.05, 4.69) is 14.7 Å². The number of methoxy groups -OCH3 is 1. The molecule has 10 nitrogen and oxygen atoms in total. The zero-order chi connectivity index (χ0) is 25.2. The smallest absolute Gasteiger partial charge is 0.341 e. The van der Waals surface area contributed by atoms with Crippen LogP contribution in [-0.4, -0.2) is 39.2 Å². The summed E-state index contributed by atoms with van der Waals surface area (Å²) in [7, 11) is 1.31. The van der Waals surface area contributed by atoms with Crippen molar-refractivity contribution < 1.29 is 38.1 Å². The Labute approximate surface area is 205 Å². The lowest BCUT2D eigenvalue weighted by molar-refractivity contribution is 0.0601. The molecule has 0 aliphatic heterocycles. The number of aromatic nitrogens is 2. The number of hydrogen-bond acceptors (Lipinski definition) is 10. The number of carboxylic acid groups (broad SMARTS) is 1. The molecule has 11 heteroatoms. The fourth-order valence-electron chi connectivity index (χ4n) is 3.42. The lowest BCUT2D eigenvalue weighted by Gasteiger charge is -2.00. The minimum Gasteiger partial charge on any atom is -0.508 e. The van der Waals surface area contributed by atoms with Crippen LogP contribution < -0.4 is 4.74 Å². The maximum Gasteiger partial charge on any atom is 0.341 e. The zero-order valence-electron chi connectivity index (χ0n) is 18.5. The highest BCUT2D eigenvalue weighted by Crippen LogP contribution is 2.32. The predicted octanol–water partition coefficient (Wildman–Crippen LogP) is 5.85. The third kappa shape index (κ3) is 4.42. The maximum atomic E-state index is 11.2. The van der Waals surface area contributed by atoms with Crippen LogP contribution in [0.2, 0.25) is 0 Å². The first-order valence-electron chi connectivity index (χ1n) is 10.4. The number of hydrogen-bond donors (Lipinski definition) is 2. The molecule has 6 rings (SSSR count). The van der Waals surface area contributed by atoms with Crippen molar-refractivity contribution >= 4 is 55.6 Å². The molecular weight excluding hydrogens is 488 g/mol. The first kappa shape index (κ1) is 22.9. The Balaban J connectivity index is 0.000000165. The van der Waals surface area contributed by atoms with Crippen LogP contribution in [-0.2, 0) is 4.74 Å². The van der Waals surface area contributed by atoms with Gasteiger partial charge in [-0.15, -0.1) is 0 Å². The van der Waals surface area contributed by atoms with Crippen molar-refractivity contribution in [3.63, 3.8) is 0 Å². The van der Waals surface area contributed by atoms with Gasteiger partial charge in [-0.25, -0.2) is 14.6 Å². The topological polar surface area (TPSA) is 145 Å². The van der Waals surface area contributed by atoms with Crippen LogP contribution in [0, 0.1) is 0 Å². The van der Waals surface area contributed by atoms with Gasteiger partial charge in [-0.05, 0) is 36.4 Å². The standard InChI is InChI=1S/C15H8N2O4S.C10H8O4/c18-14(19)10-7-20-11-6-8(3-4-9(10)11)21-15-17-13-12(22-15)2-1-5-16-13;1-13-10(12)8-5-14-9-4-6(11)2-3-7(8)9/h1-7H,(H,18,19);2-5,11H,1H3. The first-order valence-corrected chi connectivity index (χ1v) is 11.2. The van der Waals surface area contributed by atoms with Crippen molar-refractivity contribution in [3.05, 3.63) is 78.4 Å². The van der Waals surface area contributed by atoms with E-state index >= 15 is 0 Å². The van der Waals surface area contributed by atoms with Gasteiger partial charge in [-0.1, -0.05) is 11.3 Å². The molecular formula is C25H16N2O8S. The number of carbonyl (C=O) groups excluding carboxylic acids is 1. The number of phenols is 1. The van der Waals surface area contributed by atoms with Gasteiger partial charge in [0.25, 0.3) is 5.19 Å². The van der Waals surface area contributed by atoms with Gasteiger partial charge in [-0.2, -0.15) is 4.98 Å². The largest absolute Gasteiger partial charge is 0.508 e. The molecule has 2 N–H and O–H groups in total. The van der Waals surface area contributed by atoms with Crippen LogP contribution >= 0.6 is 11.3 Å². The summed E-state index contributed by atoms with van der Waals surface area (Å²) in [5.74, 6) is -0.847. The second kappa shape index (κ2) is 9.39. The summed E-state index contributed by atoms with van der Waals surface area (Å²) >= 11 is 1.39. The number of esters is 1. The summed E-state index contributed by atoms with van der Waals surface area (Å²) in [4.78, 5) is 30.7. The molecule has 0 radical (unpaired) electrons. The number of phenolic OH excluding ortho intramolecular Hbond substituents is 1. The molecule has 6 aromatic rings. The molecule has 0 aliphatic carbocycles. The maximum absolute atomic E-state index is 11.2. The second-order valence-corrected chi connectivity index (χ2v) is 8.33. The fraction of sp³-hybridized carbons (Fsp3) is 0.0400. The molecule has 4 aromatic heterocycles. The van der Waals surface area contributed by atoms with Crippen molar-refractivity contribution in [1.82, 2.24) is 9.97 Å². The van der Waals surface area contributed by atoms with Gasteiger partial charge in [0.1, 0.15) is 46.3 Å². The SMILES string of the molecule is COC(=O)c1coc2cc(O)ccc12.O=C(O)c1coc2cc(Oc3nc4ncccc4s3)ccc12. The van der Waals surface area contributed by atoms with E-state index in [0.29, 0.717) is 44.1 Å². The number of carboxylic acids is 1. The van der Waals surface area contributed by atoms with Gasteiger partial charge >= 0.3 is 11.9 Å². The number of pyridine rings is 1. The van der Waals surface area contributed by atoms with E-state index in [1.54, 1.807) is 30.5 Å². The van der Waals surface area contributed by atoms with Crippen LogP contribution in [0.1, 0.15) is 20.7 Å². The van der Waals surface area contributed by atoms with Crippen molar-refractivity contribution in [3.8, 4) is 16.7 Å². The Morgan fingerprint density at radius 1 is 0.972 bits per heavy atom. The molecule has 0 spiro atoms. The molecule has 0 fully saturated rings. The third-order valence-electron chi connectivity index (χ3n) is 5.09. The number of nitrogens with zero attached hydrogens (tertiary/aromatic N) is 2. The highest BCUT2D eigenvalue weighted by molar-refractivity contribution is 7.20. The van der Waals surface area contributed by atoms with Crippen molar-refractivity contribution in [1.29, 1.82) is 0 Å². The molecule has 36 heavy (non-hydrogen) atoms. The van der Waals surface area contributed by atoms with Crippen LogP contribution in [0.3, 0.4) is 0 Å². The Morgan fingerprint density at radius 3 is 2.44 bits per heavy atom. The summed E-state index contributed by atoms with van der Waals surface area (Å²) in [6, 6.07) is 13.3. The predicted molar refractivity (Wildman–Crippen MR) is 130 cm³/mol. The first-order chi connectivity index (χ1) is 17.4. The van der Waals surface area contributed by atoms with Gasteiger partial charge in [0, 0.05) is 29.1 Å². The lowest BCUT2D eigenvalue weighted by atomic mass is 10.2. The average molecular weight is 504 g/mol. The van der Waals surface area contributed by atoms with E-state index in [1.165, 1.54) is 43.1 Å². The molecule has 0 unspecified atom stereocenters. The number of benzene rings is 2. The van der Waals surface area contributed by atoms with Crippen LogP contribution in [0.5, 0.6) is 16.7 Å². The Morgan fingerprint density at radius 2 is 1.69 bits per heavy atom. The minimum absolute atomic E-state index is 0.100. The summed E-state index contributed by atoms with van der Waals surface area (Å²) in [5, 5.41) is 19.8. The summed E-state index contributed by atoms with van der Waals surface area (Å²) in [6.45, 7) is 0. The van der Waals surface area contributed by atoms with Crippen molar-refractivity contribution in [2.75, 3.05) is 7.11 Å². The Kier molecular flexibility index (Phi) is 5.97.